The molecule has 0 radical (unpaired) electrons. The lowest BCUT2D eigenvalue weighted by Crippen LogP contribution is -2.39. The lowest BCUT2D eigenvalue weighted by atomic mass is 10.0. The highest BCUT2D eigenvalue weighted by Gasteiger charge is 2.29. The lowest BCUT2D eigenvalue weighted by Gasteiger charge is -2.22. The van der Waals surface area contributed by atoms with Gasteiger partial charge in [-0.25, -0.2) is 13.6 Å². The summed E-state index contributed by atoms with van der Waals surface area (Å²) in [6, 6.07) is 0.930. The zero-order valence-corrected chi connectivity index (χ0v) is 13.4. The molecule has 2 amide bonds. The average Bonchev–Trinajstić information content (AvgIpc) is 2.95. The van der Waals surface area contributed by atoms with Crippen LogP contribution in [0.4, 0.5) is 13.6 Å². The molecule has 0 aromatic heterocycles. The first-order chi connectivity index (χ1) is 11.6. The molecule has 0 unspecified atom stereocenters. The van der Waals surface area contributed by atoms with Crippen molar-refractivity contribution >= 4 is 6.03 Å². The first kappa shape index (κ1) is 17.0. The molecule has 0 aliphatic carbocycles. The SMILES string of the molecule is O=C(NCCC[C@H]1CCCCO1)N[C@H]1COc2cc(F)cc(F)c21. The number of fused-ring (bicyclic) bond motifs is 1. The molecule has 3 rings (SSSR count). The zero-order chi connectivity index (χ0) is 16.9. The molecule has 0 bridgehead atoms. The van der Waals surface area contributed by atoms with Crippen molar-refractivity contribution in [2.45, 2.75) is 44.2 Å². The Morgan fingerprint density at radius 2 is 2.17 bits per heavy atom. The number of ether oxygens (including phenoxy) is 2. The number of amides is 2. The number of rotatable bonds is 5. The van der Waals surface area contributed by atoms with E-state index >= 15 is 0 Å². The quantitative estimate of drug-likeness (QED) is 0.810. The van der Waals surface area contributed by atoms with Gasteiger partial charge in [0.05, 0.1) is 17.7 Å². The summed E-state index contributed by atoms with van der Waals surface area (Å²) in [6.45, 7) is 1.45. The molecule has 0 saturated carbocycles. The summed E-state index contributed by atoms with van der Waals surface area (Å²) in [5.41, 5.74) is 0.196. The largest absolute Gasteiger partial charge is 0.490 e. The van der Waals surface area contributed by atoms with Crippen LogP contribution in [0, 0.1) is 11.6 Å². The van der Waals surface area contributed by atoms with Crippen LogP contribution in [0.25, 0.3) is 0 Å². The van der Waals surface area contributed by atoms with E-state index in [2.05, 4.69) is 10.6 Å². The van der Waals surface area contributed by atoms with Crippen LogP contribution >= 0.6 is 0 Å². The third kappa shape index (κ3) is 4.14. The van der Waals surface area contributed by atoms with Crippen LogP contribution in [-0.2, 0) is 4.74 Å². The molecule has 132 valence electrons. The summed E-state index contributed by atoms with van der Waals surface area (Å²) in [6.07, 6.45) is 5.45. The van der Waals surface area contributed by atoms with Gasteiger partial charge in [0.2, 0.25) is 0 Å². The number of nitrogens with one attached hydrogen (secondary N) is 2. The van der Waals surface area contributed by atoms with E-state index in [1.807, 2.05) is 0 Å². The number of hydrogen-bond donors (Lipinski definition) is 2. The van der Waals surface area contributed by atoms with E-state index in [-0.39, 0.29) is 24.0 Å². The van der Waals surface area contributed by atoms with Gasteiger partial charge >= 0.3 is 6.03 Å². The fourth-order valence-electron chi connectivity index (χ4n) is 3.17. The molecule has 1 fully saturated rings. The summed E-state index contributed by atoms with van der Waals surface area (Å²) in [5, 5.41) is 5.42. The zero-order valence-electron chi connectivity index (χ0n) is 13.4. The second kappa shape index (κ2) is 7.79. The smallest absolute Gasteiger partial charge is 0.315 e. The Morgan fingerprint density at radius 3 is 2.96 bits per heavy atom. The van der Waals surface area contributed by atoms with Gasteiger partial charge in [0.25, 0.3) is 0 Å². The van der Waals surface area contributed by atoms with Crippen molar-refractivity contribution in [3.63, 3.8) is 0 Å². The van der Waals surface area contributed by atoms with Gasteiger partial charge in [0, 0.05) is 25.3 Å². The van der Waals surface area contributed by atoms with Gasteiger partial charge in [0.1, 0.15) is 24.0 Å². The molecule has 2 atom stereocenters. The average molecular weight is 340 g/mol. The van der Waals surface area contributed by atoms with Gasteiger partial charge in [0.15, 0.2) is 0 Å². The molecule has 2 aliphatic rings. The minimum Gasteiger partial charge on any atom is -0.490 e. The molecule has 24 heavy (non-hydrogen) atoms. The summed E-state index contributed by atoms with van der Waals surface area (Å²) in [5.74, 6) is -1.25. The molecule has 7 heteroatoms. The van der Waals surface area contributed by atoms with E-state index in [0.717, 1.165) is 44.4 Å². The first-order valence-corrected chi connectivity index (χ1v) is 8.41. The Labute approximate surface area is 139 Å². The Kier molecular flexibility index (Phi) is 5.50. The molecule has 2 aliphatic heterocycles. The van der Waals surface area contributed by atoms with E-state index in [4.69, 9.17) is 9.47 Å². The summed E-state index contributed by atoms with van der Waals surface area (Å²) in [4.78, 5) is 11.9. The van der Waals surface area contributed by atoms with Crippen molar-refractivity contribution in [2.75, 3.05) is 19.8 Å². The predicted molar refractivity (Wildman–Crippen MR) is 84.0 cm³/mol. The minimum atomic E-state index is -0.706. The maximum absolute atomic E-state index is 13.9. The van der Waals surface area contributed by atoms with E-state index in [9.17, 15) is 13.6 Å². The lowest BCUT2D eigenvalue weighted by molar-refractivity contribution is 0.0103. The minimum absolute atomic E-state index is 0.0963. The maximum atomic E-state index is 13.9. The van der Waals surface area contributed by atoms with Crippen molar-refractivity contribution in [1.29, 1.82) is 0 Å². The molecule has 1 aromatic carbocycles. The Hall–Kier alpha value is -1.89. The molecule has 1 saturated heterocycles. The van der Waals surface area contributed by atoms with Gasteiger partial charge in [-0.1, -0.05) is 0 Å². The van der Waals surface area contributed by atoms with Gasteiger partial charge in [-0.2, -0.15) is 0 Å². The molecule has 1 aromatic rings. The van der Waals surface area contributed by atoms with Crippen LogP contribution in [0.15, 0.2) is 12.1 Å². The van der Waals surface area contributed by atoms with Crippen LogP contribution in [-0.4, -0.2) is 31.9 Å². The predicted octanol–water partition coefficient (Wildman–Crippen LogP) is 3.05. The normalized spacial score (nSPS) is 22.6. The second-order valence-corrected chi connectivity index (χ2v) is 6.19. The highest BCUT2D eigenvalue weighted by Crippen LogP contribution is 2.35. The number of urea groups is 1. The number of carbonyl (C=O) groups is 1. The van der Waals surface area contributed by atoms with Gasteiger partial charge < -0.3 is 20.1 Å². The summed E-state index contributed by atoms with van der Waals surface area (Å²) < 4.78 is 37.9. The number of halogens is 2. The van der Waals surface area contributed by atoms with E-state index in [1.165, 1.54) is 6.42 Å². The third-order valence-corrected chi connectivity index (χ3v) is 4.38. The summed E-state index contributed by atoms with van der Waals surface area (Å²) in [7, 11) is 0. The Morgan fingerprint density at radius 1 is 1.29 bits per heavy atom. The molecule has 0 spiro atoms. The van der Waals surface area contributed by atoms with Crippen LogP contribution in [0.2, 0.25) is 0 Å². The standard InChI is InChI=1S/C17H22F2N2O3/c18-11-8-13(19)16-14(10-24-15(16)9-11)21-17(22)20-6-3-5-12-4-1-2-7-23-12/h8-9,12,14H,1-7,10H2,(H2,20,21,22)/t12-,14+/m1/s1. The van der Waals surface area contributed by atoms with E-state index < -0.39 is 17.7 Å². The monoisotopic (exact) mass is 340 g/mol. The third-order valence-electron chi connectivity index (χ3n) is 4.38. The summed E-state index contributed by atoms with van der Waals surface area (Å²) >= 11 is 0. The fraction of sp³-hybridized carbons (Fsp3) is 0.588. The Balaban J connectivity index is 1.42. The van der Waals surface area contributed by atoms with E-state index in [0.29, 0.717) is 12.6 Å². The van der Waals surface area contributed by atoms with Crippen molar-refractivity contribution in [1.82, 2.24) is 10.6 Å². The van der Waals surface area contributed by atoms with Crippen molar-refractivity contribution in [2.24, 2.45) is 0 Å². The molecular formula is C17H22F2N2O3. The van der Waals surface area contributed by atoms with Gasteiger partial charge in [-0.3, -0.25) is 0 Å². The van der Waals surface area contributed by atoms with Crippen molar-refractivity contribution < 1.29 is 23.0 Å². The van der Waals surface area contributed by atoms with Crippen LogP contribution in [0.5, 0.6) is 5.75 Å². The van der Waals surface area contributed by atoms with Crippen molar-refractivity contribution in [3.8, 4) is 5.75 Å². The molecule has 2 heterocycles. The highest BCUT2D eigenvalue weighted by molar-refractivity contribution is 5.74. The highest BCUT2D eigenvalue weighted by atomic mass is 19.1. The number of carbonyl (C=O) groups excluding carboxylic acids is 1. The van der Waals surface area contributed by atoms with Crippen LogP contribution in [0.1, 0.15) is 43.7 Å². The maximum Gasteiger partial charge on any atom is 0.315 e. The van der Waals surface area contributed by atoms with Crippen LogP contribution < -0.4 is 15.4 Å². The number of hydrogen-bond acceptors (Lipinski definition) is 3. The number of benzene rings is 1. The van der Waals surface area contributed by atoms with Gasteiger partial charge in [-0.15, -0.1) is 0 Å². The second-order valence-electron chi connectivity index (χ2n) is 6.19. The van der Waals surface area contributed by atoms with Crippen molar-refractivity contribution in [3.05, 3.63) is 29.3 Å². The Bertz CT molecular complexity index is 591. The van der Waals surface area contributed by atoms with E-state index in [1.54, 1.807) is 0 Å². The fourth-order valence-corrected chi connectivity index (χ4v) is 3.17. The topological polar surface area (TPSA) is 59.6 Å². The molecule has 5 nitrogen and oxygen atoms in total. The van der Waals surface area contributed by atoms with Gasteiger partial charge in [-0.05, 0) is 32.1 Å². The van der Waals surface area contributed by atoms with Crippen LogP contribution in [0.3, 0.4) is 0 Å². The molecular weight excluding hydrogens is 318 g/mol. The molecule has 2 N–H and O–H groups in total. The first-order valence-electron chi connectivity index (χ1n) is 8.41.